The van der Waals surface area contributed by atoms with E-state index < -0.39 is 0 Å². The SMILES string of the molecule is CC(=O)[C@H]1CCC2C3CCC4CC(C)CC[C@]4(C)C3C(=O)C[C@@]21C. The number of ketones is 2. The second-order valence-electron chi connectivity index (χ2n) is 10.3. The van der Waals surface area contributed by atoms with Crippen LogP contribution in [0.5, 0.6) is 0 Å². The fourth-order valence-electron chi connectivity index (χ4n) is 7.96. The molecule has 0 aromatic rings. The molecule has 4 fully saturated rings. The molecule has 4 aliphatic carbocycles. The van der Waals surface area contributed by atoms with E-state index in [9.17, 15) is 9.59 Å². The molecule has 2 heteroatoms. The van der Waals surface area contributed by atoms with Gasteiger partial charge >= 0.3 is 0 Å². The Balaban J connectivity index is 1.68. The molecule has 0 heterocycles. The number of rotatable bonds is 1. The molecule has 4 saturated carbocycles. The number of hydrogen-bond acceptors (Lipinski definition) is 2. The highest BCUT2D eigenvalue weighted by atomic mass is 16.1. The summed E-state index contributed by atoms with van der Waals surface area (Å²) in [5.41, 5.74) is 0.192. The van der Waals surface area contributed by atoms with E-state index in [-0.39, 0.29) is 22.7 Å². The zero-order valence-electron chi connectivity index (χ0n) is 15.9. The maximum absolute atomic E-state index is 13.4. The number of carbonyl (C=O) groups is 2. The molecule has 0 saturated heterocycles. The lowest BCUT2D eigenvalue weighted by Gasteiger charge is -2.60. The highest BCUT2D eigenvalue weighted by Gasteiger charge is 2.63. The van der Waals surface area contributed by atoms with Crippen LogP contribution in [-0.2, 0) is 9.59 Å². The van der Waals surface area contributed by atoms with Crippen LogP contribution in [0.2, 0.25) is 0 Å². The van der Waals surface area contributed by atoms with Crippen molar-refractivity contribution in [1.82, 2.24) is 0 Å². The summed E-state index contributed by atoms with van der Waals surface area (Å²) >= 11 is 0. The van der Waals surface area contributed by atoms with Gasteiger partial charge in [0, 0.05) is 18.3 Å². The Morgan fingerprint density at radius 1 is 1.04 bits per heavy atom. The minimum atomic E-state index is -0.0464. The van der Waals surface area contributed by atoms with E-state index in [2.05, 4.69) is 20.8 Å². The third-order valence-corrected chi connectivity index (χ3v) is 9.10. The summed E-state index contributed by atoms with van der Waals surface area (Å²) in [7, 11) is 0. The lowest BCUT2D eigenvalue weighted by Crippen LogP contribution is -2.57. The van der Waals surface area contributed by atoms with Gasteiger partial charge in [0.05, 0.1) is 0 Å². The van der Waals surface area contributed by atoms with Crippen LogP contribution < -0.4 is 0 Å². The van der Waals surface area contributed by atoms with E-state index in [0.717, 1.165) is 18.3 Å². The van der Waals surface area contributed by atoms with Gasteiger partial charge in [-0.3, -0.25) is 9.59 Å². The molecule has 4 rings (SSSR count). The van der Waals surface area contributed by atoms with Crippen LogP contribution in [0.4, 0.5) is 0 Å². The zero-order valence-corrected chi connectivity index (χ0v) is 15.9. The Bertz CT molecular complexity index is 566. The molecule has 5 unspecified atom stereocenters. The van der Waals surface area contributed by atoms with E-state index in [4.69, 9.17) is 0 Å². The zero-order chi connectivity index (χ0) is 17.3. The van der Waals surface area contributed by atoms with Crippen molar-refractivity contribution in [3.63, 3.8) is 0 Å². The molecule has 0 aromatic carbocycles. The average Bonchev–Trinajstić information content (AvgIpc) is 2.84. The van der Waals surface area contributed by atoms with Gasteiger partial charge in [-0.15, -0.1) is 0 Å². The maximum Gasteiger partial charge on any atom is 0.137 e. The van der Waals surface area contributed by atoms with Crippen molar-refractivity contribution in [2.75, 3.05) is 0 Å². The van der Waals surface area contributed by atoms with E-state index >= 15 is 0 Å². The molecule has 0 radical (unpaired) electrons. The Hall–Kier alpha value is -0.660. The molecule has 0 spiro atoms. The molecule has 24 heavy (non-hydrogen) atoms. The highest BCUT2D eigenvalue weighted by molar-refractivity contribution is 5.87. The van der Waals surface area contributed by atoms with Crippen LogP contribution in [0.15, 0.2) is 0 Å². The normalized spacial score (nSPS) is 53.9. The molecule has 0 bridgehead atoms. The van der Waals surface area contributed by atoms with E-state index in [0.29, 0.717) is 29.8 Å². The molecule has 0 aromatic heterocycles. The van der Waals surface area contributed by atoms with Crippen LogP contribution in [0.3, 0.4) is 0 Å². The average molecular weight is 331 g/mol. The van der Waals surface area contributed by atoms with Crippen molar-refractivity contribution in [3.8, 4) is 0 Å². The minimum Gasteiger partial charge on any atom is -0.300 e. The summed E-state index contributed by atoms with van der Waals surface area (Å²) in [6, 6.07) is 0. The standard InChI is InChI=1S/C22H34O2/c1-13-9-10-21(3)15(11-13)5-6-16-18-8-7-17(14(2)23)22(18,4)12-19(24)20(16)21/h13,15-18,20H,5-12H2,1-4H3/t13?,15?,16?,17-,18?,20?,21+,22-/m1/s1. The first-order chi connectivity index (χ1) is 11.3. The smallest absolute Gasteiger partial charge is 0.137 e. The largest absolute Gasteiger partial charge is 0.300 e. The molecule has 134 valence electrons. The van der Waals surface area contributed by atoms with Crippen molar-refractivity contribution < 1.29 is 9.59 Å². The van der Waals surface area contributed by atoms with E-state index in [1.165, 1.54) is 38.5 Å². The second kappa shape index (κ2) is 5.42. The van der Waals surface area contributed by atoms with Gasteiger partial charge in [-0.1, -0.05) is 27.2 Å². The third kappa shape index (κ3) is 2.13. The van der Waals surface area contributed by atoms with Crippen LogP contribution in [-0.4, -0.2) is 11.6 Å². The van der Waals surface area contributed by atoms with Gasteiger partial charge in [0.1, 0.15) is 11.6 Å². The summed E-state index contributed by atoms with van der Waals surface area (Å²) in [6.45, 7) is 8.84. The summed E-state index contributed by atoms with van der Waals surface area (Å²) in [6.07, 6.45) is 9.26. The van der Waals surface area contributed by atoms with Gasteiger partial charge < -0.3 is 0 Å². The summed E-state index contributed by atoms with van der Waals surface area (Å²) < 4.78 is 0. The number of carbonyl (C=O) groups excluding carboxylic acids is 2. The monoisotopic (exact) mass is 330 g/mol. The van der Waals surface area contributed by atoms with Crippen molar-refractivity contribution in [2.24, 2.45) is 46.3 Å². The Morgan fingerprint density at radius 2 is 1.79 bits per heavy atom. The molecule has 2 nitrogen and oxygen atoms in total. The highest BCUT2D eigenvalue weighted by Crippen LogP contribution is 2.66. The molecule has 8 atom stereocenters. The lowest BCUT2D eigenvalue weighted by molar-refractivity contribution is -0.159. The Labute approximate surface area is 147 Å². The quantitative estimate of drug-likeness (QED) is 0.674. The van der Waals surface area contributed by atoms with Crippen LogP contribution >= 0.6 is 0 Å². The molecule has 0 amide bonds. The van der Waals surface area contributed by atoms with Crippen LogP contribution in [0.25, 0.3) is 0 Å². The molecule has 0 N–H and O–H groups in total. The van der Waals surface area contributed by atoms with Gasteiger partial charge in [0.15, 0.2) is 0 Å². The predicted molar refractivity (Wildman–Crippen MR) is 95.5 cm³/mol. The van der Waals surface area contributed by atoms with E-state index in [1.807, 2.05) is 0 Å². The molecular formula is C22H34O2. The summed E-state index contributed by atoms with van der Waals surface area (Å²) in [5.74, 6) is 3.97. The number of Topliss-reactive ketones (excluding diaryl/α,β-unsaturated/α-hetero) is 2. The van der Waals surface area contributed by atoms with Crippen LogP contribution in [0.1, 0.15) is 79.1 Å². The second-order valence-corrected chi connectivity index (χ2v) is 10.3. The fourth-order valence-corrected chi connectivity index (χ4v) is 7.96. The number of fused-ring (bicyclic) bond motifs is 5. The van der Waals surface area contributed by atoms with Crippen molar-refractivity contribution in [1.29, 1.82) is 0 Å². The minimum absolute atomic E-state index is 0.0464. The topological polar surface area (TPSA) is 34.1 Å². The van der Waals surface area contributed by atoms with E-state index in [1.54, 1.807) is 6.92 Å². The fraction of sp³-hybridized carbons (Fsp3) is 0.909. The lowest BCUT2D eigenvalue weighted by atomic mass is 9.44. The van der Waals surface area contributed by atoms with Crippen molar-refractivity contribution >= 4 is 11.6 Å². The first-order valence-electron chi connectivity index (χ1n) is 10.3. The van der Waals surface area contributed by atoms with Gasteiger partial charge in [-0.05, 0) is 80.0 Å². The van der Waals surface area contributed by atoms with Crippen molar-refractivity contribution in [2.45, 2.75) is 79.1 Å². The predicted octanol–water partition coefficient (Wildman–Crippen LogP) is 5.05. The Kier molecular flexibility index (Phi) is 3.79. The maximum atomic E-state index is 13.4. The van der Waals surface area contributed by atoms with Gasteiger partial charge in [0.25, 0.3) is 0 Å². The van der Waals surface area contributed by atoms with Gasteiger partial charge in [-0.25, -0.2) is 0 Å². The molecule has 0 aliphatic heterocycles. The first-order valence-corrected chi connectivity index (χ1v) is 10.3. The summed E-state index contributed by atoms with van der Waals surface area (Å²) in [4.78, 5) is 25.6. The van der Waals surface area contributed by atoms with Gasteiger partial charge in [-0.2, -0.15) is 0 Å². The first kappa shape index (κ1) is 16.8. The Morgan fingerprint density at radius 3 is 2.50 bits per heavy atom. The van der Waals surface area contributed by atoms with Crippen LogP contribution in [0, 0.1) is 46.3 Å². The number of hydrogen-bond donors (Lipinski definition) is 0. The summed E-state index contributed by atoms with van der Waals surface area (Å²) in [5, 5.41) is 0. The van der Waals surface area contributed by atoms with Crippen molar-refractivity contribution in [3.05, 3.63) is 0 Å². The molecular weight excluding hydrogens is 296 g/mol. The molecule has 4 aliphatic rings. The van der Waals surface area contributed by atoms with Gasteiger partial charge in [0.2, 0.25) is 0 Å². The third-order valence-electron chi connectivity index (χ3n) is 9.10.